The fraction of sp³-hybridized carbons (Fsp3) is 0.455. The van der Waals surface area contributed by atoms with Crippen molar-refractivity contribution in [2.24, 2.45) is 0 Å². The second-order valence-corrected chi connectivity index (χ2v) is 4.55. The van der Waals surface area contributed by atoms with E-state index in [4.69, 9.17) is 23.2 Å². The first-order valence-corrected chi connectivity index (χ1v) is 6.12. The minimum absolute atomic E-state index is 0.354. The summed E-state index contributed by atoms with van der Waals surface area (Å²) < 4.78 is 0. The molecule has 2 rings (SSSR count). The molecule has 0 radical (unpaired) electrons. The molecule has 0 saturated carbocycles. The third-order valence-corrected chi connectivity index (χ3v) is 3.08. The summed E-state index contributed by atoms with van der Waals surface area (Å²) in [6.45, 7) is 0.855. The molecule has 0 bridgehead atoms. The first-order chi connectivity index (χ1) is 7.75. The van der Waals surface area contributed by atoms with Gasteiger partial charge in [-0.2, -0.15) is 0 Å². The third-order valence-electron chi connectivity index (χ3n) is 2.62. The first-order valence-electron chi connectivity index (χ1n) is 5.36. The second kappa shape index (κ2) is 5.51. The van der Waals surface area contributed by atoms with Gasteiger partial charge in [0, 0.05) is 12.6 Å². The van der Waals surface area contributed by atoms with E-state index >= 15 is 0 Å². The van der Waals surface area contributed by atoms with Crippen LogP contribution in [0.3, 0.4) is 0 Å². The first kappa shape index (κ1) is 11.7. The smallest absolute Gasteiger partial charge is 0.174 e. The lowest BCUT2D eigenvalue weighted by molar-refractivity contribution is 0.862. The number of anilines is 1. The average molecular weight is 258 g/mol. The number of hydrogen-bond acceptors (Lipinski definition) is 3. The molecule has 1 N–H and O–H groups in total. The number of halogens is 2. The van der Waals surface area contributed by atoms with Gasteiger partial charge in [-0.3, -0.25) is 0 Å². The Labute approximate surface area is 105 Å². The van der Waals surface area contributed by atoms with Crippen LogP contribution in [-0.4, -0.2) is 16.7 Å². The van der Waals surface area contributed by atoms with Crippen LogP contribution in [0.4, 0.5) is 5.69 Å². The SMILES string of the molecule is Clc1cc(NCCC2=CCCC2)c(Cl)nn1. The molecule has 86 valence electrons. The Bertz CT molecular complexity index is 404. The summed E-state index contributed by atoms with van der Waals surface area (Å²) in [5.41, 5.74) is 2.27. The van der Waals surface area contributed by atoms with Crippen molar-refractivity contribution in [3.63, 3.8) is 0 Å². The van der Waals surface area contributed by atoms with Crippen LogP contribution in [0.2, 0.25) is 10.3 Å². The van der Waals surface area contributed by atoms with Crippen molar-refractivity contribution in [3.8, 4) is 0 Å². The van der Waals surface area contributed by atoms with Crippen LogP contribution in [-0.2, 0) is 0 Å². The molecule has 0 aliphatic heterocycles. The number of aromatic nitrogens is 2. The standard InChI is InChI=1S/C11H13Cl2N3/c12-10-7-9(11(13)16-15-10)14-6-5-8-3-1-2-4-8/h3,7H,1-2,4-6H2,(H,14,15). The van der Waals surface area contributed by atoms with Crippen LogP contribution >= 0.6 is 23.2 Å². The number of nitrogens with one attached hydrogen (secondary N) is 1. The second-order valence-electron chi connectivity index (χ2n) is 3.80. The molecule has 1 aromatic heterocycles. The van der Waals surface area contributed by atoms with Crippen molar-refractivity contribution in [2.45, 2.75) is 25.7 Å². The minimum atomic E-state index is 0.354. The topological polar surface area (TPSA) is 37.8 Å². The van der Waals surface area contributed by atoms with Crippen LogP contribution in [0.15, 0.2) is 17.7 Å². The molecule has 0 aromatic carbocycles. The highest BCUT2D eigenvalue weighted by atomic mass is 35.5. The van der Waals surface area contributed by atoms with Crippen LogP contribution in [0, 0.1) is 0 Å². The predicted octanol–water partition coefficient (Wildman–Crippen LogP) is 3.70. The largest absolute Gasteiger partial charge is 0.382 e. The lowest BCUT2D eigenvalue weighted by atomic mass is 10.2. The highest BCUT2D eigenvalue weighted by Crippen LogP contribution is 2.23. The molecule has 3 nitrogen and oxygen atoms in total. The number of hydrogen-bond donors (Lipinski definition) is 1. The summed E-state index contributed by atoms with van der Waals surface area (Å²) in [5, 5.41) is 11.3. The zero-order valence-corrected chi connectivity index (χ0v) is 10.4. The summed E-state index contributed by atoms with van der Waals surface area (Å²) in [4.78, 5) is 0. The Balaban J connectivity index is 1.86. The van der Waals surface area contributed by atoms with Gasteiger partial charge < -0.3 is 5.32 Å². The van der Waals surface area contributed by atoms with E-state index in [-0.39, 0.29) is 0 Å². The van der Waals surface area contributed by atoms with Crippen LogP contribution in [0.25, 0.3) is 0 Å². The van der Waals surface area contributed by atoms with E-state index < -0.39 is 0 Å². The summed E-state index contributed by atoms with van der Waals surface area (Å²) in [7, 11) is 0. The zero-order chi connectivity index (χ0) is 11.4. The van der Waals surface area contributed by atoms with Crippen molar-refractivity contribution in [1.29, 1.82) is 0 Å². The number of rotatable bonds is 4. The van der Waals surface area contributed by atoms with E-state index in [2.05, 4.69) is 21.6 Å². The molecule has 1 aliphatic carbocycles. The maximum atomic E-state index is 5.88. The predicted molar refractivity (Wildman–Crippen MR) is 67.1 cm³/mol. The molecule has 16 heavy (non-hydrogen) atoms. The van der Waals surface area contributed by atoms with E-state index in [0.29, 0.717) is 10.3 Å². The third kappa shape index (κ3) is 3.09. The van der Waals surface area contributed by atoms with Crippen molar-refractivity contribution < 1.29 is 0 Å². The highest BCUT2D eigenvalue weighted by molar-refractivity contribution is 6.33. The minimum Gasteiger partial charge on any atom is -0.382 e. The summed E-state index contributed by atoms with van der Waals surface area (Å²) in [6, 6.07) is 1.69. The summed E-state index contributed by atoms with van der Waals surface area (Å²) in [6.07, 6.45) is 7.11. The van der Waals surface area contributed by atoms with Crippen LogP contribution < -0.4 is 5.32 Å². The maximum absolute atomic E-state index is 5.88. The lowest BCUT2D eigenvalue weighted by Crippen LogP contribution is -2.04. The van der Waals surface area contributed by atoms with E-state index in [1.165, 1.54) is 24.8 Å². The van der Waals surface area contributed by atoms with Crippen molar-refractivity contribution in [1.82, 2.24) is 10.2 Å². The zero-order valence-electron chi connectivity index (χ0n) is 8.84. The Kier molecular flexibility index (Phi) is 4.02. The molecule has 0 fully saturated rings. The summed E-state index contributed by atoms with van der Waals surface area (Å²) >= 11 is 11.6. The molecule has 0 amide bonds. The van der Waals surface area contributed by atoms with Crippen molar-refractivity contribution in [3.05, 3.63) is 28.0 Å². The van der Waals surface area contributed by atoms with Gasteiger partial charge in [-0.1, -0.05) is 34.9 Å². The number of nitrogens with zero attached hydrogens (tertiary/aromatic N) is 2. The van der Waals surface area contributed by atoms with Crippen molar-refractivity contribution >= 4 is 28.9 Å². The molecular weight excluding hydrogens is 245 g/mol. The van der Waals surface area contributed by atoms with Gasteiger partial charge >= 0.3 is 0 Å². The molecule has 1 heterocycles. The van der Waals surface area contributed by atoms with Gasteiger partial charge in [-0.15, -0.1) is 10.2 Å². The Morgan fingerprint density at radius 3 is 2.94 bits per heavy atom. The normalized spacial score (nSPS) is 15.0. The van der Waals surface area contributed by atoms with E-state index in [1.807, 2.05) is 0 Å². The molecule has 1 aromatic rings. The quantitative estimate of drug-likeness (QED) is 0.837. The Morgan fingerprint density at radius 2 is 2.19 bits per heavy atom. The van der Waals surface area contributed by atoms with Gasteiger partial charge in [0.25, 0.3) is 0 Å². The van der Waals surface area contributed by atoms with E-state index in [9.17, 15) is 0 Å². The molecule has 5 heteroatoms. The van der Waals surface area contributed by atoms with Crippen LogP contribution in [0.1, 0.15) is 25.7 Å². The summed E-state index contributed by atoms with van der Waals surface area (Å²) in [5.74, 6) is 0. The number of allylic oxidation sites excluding steroid dienone is 1. The van der Waals surface area contributed by atoms with Gasteiger partial charge in [0.05, 0.1) is 5.69 Å². The van der Waals surface area contributed by atoms with Gasteiger partial charge in [-0.25, -0.2) is 0 Å². The van der Waals surface area contributed by atoms with Crippen molar-refractivity contribution in [2.75, 3.05) is 11.9 Å². The molecule has 1 aliphatic rings. The average Bonchev–Trinajstić information content (AvgIpc) is 2.76. The molecule has 0 unspecified atom stereocenters. The Morgan fingerprint density at radius 1 is 1.31 bits per heavy atom. The molecule has 0 spiro atoms. The highest BCUT2D eigenvalue weighted by Gasteiger charge is 2.06. The molecule has 0 atom stereocenters. The maximum Gasteiger partial charge on any atom is 0.174 e. The fourth-order valence-corrected chi connectivity index (χ4v) is 2.11. The van der Waals surface area contributed by atoms with Gasteiger partial charge in [0.15, 0.2) is 10.3 Å². The van der Waals surface area contributed by atoms with Gasteiger partial charge in [0.2, 0.25) is 0 Å². The van der Waals surface area contributed by atoms with Crippen LogP contribution in [0.5, 0.6) is 0 Å². The monoisotopic (exact) mass is 257 g/mol. The van der Waals surface area contributed by atoms with E-state index in [0.717, 1.165) is 18.7 Å². The molecular formula is C11H13Cl2N3. The van der Waals surface area contributed by atoms with Gasteiger partial charge in [0.1, 0.15) is 0 Å². The lowest BCUT2D eigenvalue weighted by Gasteiger charge is -2.07. The fourth-order valence-electron chi connectivity index (χ4n) is 1.80. The van der Waals surface area contributed by atoms with Gasteiger partial charge in [-0.05, 0) is 25.7 Å². The Hall–Kier alpha value is -0.800. The molecule has 0 saturated heterocycles. The van der Waals surface area contributed by atoms with E-state index in [1.54, 1.807) is 6.07 Å².